The van der Waals surface area contributed by atoms with Crippen LogP contribution < -0.4 is 5.32 Å². The van der Waals surface area contributed by atoms with E-state index >= 15 is 0 Å². The number of rotatable bonds is 4. The molecule has 1 aromatic carbocycles. The van der Waals surface area contributed by atoms with Crippen LogP contribution in [-0.2, 0) is 12.7 Å². The zero-order valence-electron chi connectivity index (χ0n) is 8.64. The van der Waals surface area contributed by atoms with Crippen LogP contribution in [-0.4, -0.2) is 6.54 Å². The third kappa shape index (κ3) is 3.95. The molecule has 0 radical (unpaired) electrons. The van der Waals surface area contributed by atoms with Gasteiger partial charge < -0.3 is 5.32 Å². The normalized spacial score (nSPS) is 11.1. The molecule has 0 amide bonds. The van der Waals surface area contributed by atoms with Crippen LogP contribution in [0.3, 0.4) is 0 Å². The third-order valence-electron chi connectivity index (χ3n) is 2.03. The Balaban J connectivity index is 2.58. The van der Waals surface area contributed by atoms with Crippen LogP contribution in [0.2, 0.25) is 0 Å². The van der Waals surface area contributed by atoms with E-state index in [-0.39, 0.29) is 0 Å². The highest BCUT2D eigenvalue weighted by molar-refractivity contribution is 5.25. The standard InChI is InChI=1S/C12H12F3N/c1-2-3-7-16-9-10-5-4-6-11(8-10)12(13,14)15/h1,4-6,8,16H,3,7,9H2. The largest absolute Gasteiger partial charge is 0.416 e. The van der Waals surface area contributed by atoms with Gasteiger partial charge in [-0.15, -0.1) is 12.3 Å². The summed E-state index contributed by atoms with van der Waals surface area (Å²) in [6.07, 6.45) is 1.34. The predicted octanol–water partition coefficient (Wildman–Crippen LogP) is 2.82. The first-order valence-electron chi connectivity index (χ1n) is 4.84. The van der Waals surface area contributed by atoms with E-state index in [1.54, 1.807) is 6.07 Å². The van der Waals surface area contributed by atoms with Crippen molar-refractivity contribution in [1.29, 1.82) is 0 Å². The SMILES string of the molecule is C#CCCNCc1cccc(C(F)(F)F)c1. The fourth-order valence-corrected chi connectivity index (χ4v) is 1.25. The van der Waals surface area contributed by atoms with Gasteiger partial charge in [-0.25, -0.2) is 0 Å². The fourth-order valence-electron chi connectivity index (χ4n) is 1.25. The second kappa shape index (κ2) is 5.57. The Morgan fingerprint density at radius 2 is 2.06 bits per heavy atom. The van der Waals surface area contributed by atoms with Gasteiger partial charge in [-0.05, 0) is 11.6 Å². The minimum atomic E-state index is -4.28. The van der Waals surface area contributed by atoms with E-state index in [0.717, 1.165) is 12.1 Å². The molecule has 0 heterocycles. The lowest BCUT2D eigenvalue weighted by molar-refractivity contribution is -0.137. The summed E-state index contributed by atoms with van der Waals surface area (Å²) in [4.78, 5) is 0. The average Bonchev–Trinajstić information content (AvgIpc) is 2.24. The van der Waals surface area contributed by atoms with Crippen LogP contribution in [0.25, 0.3) is 0 Å². The van der Waals surface area contributed by atoms with Crippen molar-refractivity contribution in [3.05, 3.63) is 35.4 Å². The molecule has 0 atom stereocenters. The topological polar surface area (TPSA) is 12.0 Å². The van der Waals surface area contributed by atoms with Gasteiger partial charge >= 0.3 is 6.18 Å². The van der Waals surface area contributed by atoms with Crippen LogP contribution in [0.4, 0.5) is 13.2 Å². The maximum Gasteiger partial charge on any atom is 0.416 e. The Kier molecular flexibility index (Phi) is 4.39. The minimum absolute atomic E-state index is 0.394. The highest BCUT2D eigenvalue weighted by Crippen LogP contribution is 2.29. The second-order valence-electron chi connectivity index (χ2n) is 3.33. The predicted molar refractivity (Wildman–Crippen MR) is 56.6 cm³/mol. The van der Waals surface area contributed by atoms with E-state index in [9.17, 15) is 13.2 Å². The Labute approximate surface area is 92.7 Å². The van der Waals surface area contributed by atoms with Gasteiger partial charge in [0, 0.05) is 19.5 Å². The van der Waals surface area contributed by atoms with E-state index in [1.165, 1.54) is 6.07 Å². The number of hydrogen-bond donors (Lipinski definition) is 1. The molecule has 0 aromatic heterocycles. The van der Waals surface area contributed by atoms with Gasteiger partial charge in [0.05, 0.1) is 5.56 Å². The molecule has 0 spiro atoms. The fraction of sp³-hybridized carbons (Fsp3) is 0.333. The lowest BCUT2D eigenvalue weighted by Gasteiger charge is -2.08. The van der Waals surface area contributed by atoms with Crippen molar-refractivity contribution in [1.82, 2.24) is 5.32 Å². The van der Waals surface area contributed by atoms with Gasteiger partial charge in [-0.2, -0.15) is 13.2 Å². The van der Waals surface area contributed by atoms with Gasteiger partial charge in [-0.1, -0.05) is 18.2 Å². The Hall–Kier alpha value is -1.47. The summed E-state index contributed by atoms with van der Waals surface area (Å²) in [6, 6.07) is 5.26. The second-order valence-corrected chi connectivity index (χ2v) is 3.33. The van der Waals surface area contributed by atoms with Gasteiger partial charge in [-0.3, -0.25) is 0 Å². The lowest BCUT2D eigenvalue weighted by atomic mass is 10.1. The van der Waals surface area contributed by atoms with Crippen molar-refractivity contribution in [3.8, 4) is 12.3 Å². The zero-order valence-corrected chi connectivity index (χ0v) is 8.64. The smallest absolute Gasteiger partial charge is 0.312 e. The molecule has 0 saturated carbocycles. The van der Waals surface area contributed by atoms with Gasteiger partial charge in [0.2, 0.25) is 0 Å². The maximum atomic E-state index is 12.4. The summed E-state index contributed by atoms with van der Waals surface area (Å²) >= 11 is 0. The van der Waals surface area contributed by atoms with Crippen LogP contribution in [0.1, 0.15) is 17.5 Å². The molecule has 0 fully saturated rings. The summed E-state index contributed by atoms with van der Waals surface area (Å²) in [5.41, 5.74) is -0.0180. The van der Waals surface area contributed by atoms with Crippen molar-refractivity contribution >= 4 is 0 Å². The van der Waals surface area contributed by atoms with Gasteiger partial charge in [0.15, 0.2) is 0 Å². The molecular weight excluding hydrogens is 215 g/mol. The molecule has 0 bridgehead atoms. The van der Waals surface area contributed by atoms with E-state index in [1.807, 2.05) is 0 Å². The molecule has 1 nitrogen and oxygen atoms in total. The zero-order chi connectivity index (χ0) is 12.0. The molecule has 4 heteroatoms. The number of terminal acetylenes is 1. The van der Waals surface area contributed by atoms with Crippen molar-refractivity contribution in [3.63, 3.8) is 0 Å². The summed E-state index contributed by atoms with van der Waals surface area (Å²) < 4.78 is 37.1. The van der Waals surface area contributed by atoms with Crippen LogP contribution in [0, 0.1) is 12.3 Å². The first-order valence-corrected chi connectivity index (χ1v) is 4.84. The van der Waals surface area contributed by atoms with Gasteiger partial charge in [0.25, 0.3) is 0 Å². The van der Waals surface area contributed by atoms with Crippen molar-refractivity contribution in [2.45, 2.75) is 19.1 Å². The minimum Gasteiger partial charge on any atom is -0.312 e. The molecule has 0 aliphatic carbocycles. The number of alkyl halides is 3. The molecule has 0 aliphatic heterocycles. The van der Waals surface area contributed by atoms with E-state index in [4.69, 9.17) is 6.42 Å². The number of nitrogens with one attached hydrogen (secondary N) is 1. The highest BCUT2D eigenvalue weighted by Gasteiger charge is 2.30. The highest BCUT2D eigenvalue weighted by atomic mass is 19.4. The van der Waals surface area contributed by atoms with Crippen molar-refractivity contribution in [2.24, 2.45) is 0 Å². The summed E-state index contributed by atoms with van der Waals surface area (Å²) in [5.74, 6) is 2.45. The number of halogens is 3. The quantitative estimate of drug-likeness (QED) is 0.616. The molecular formula is C12H12F3N. The lowest BCUT2D eigenvalue weighted by Crippen LogP contribution is -2.15. The average molecular weight is 227 g/mol. The molecule has 1 rings (SSSR count). The van der Waals surface area contributed by atoms with Crippen LogP contribution in [0.5, 0.6) is 0 Å². The number of hydrogen-bond acceptors (Lipinski definition) is 1. The molecule has 1 N–H and O–H groups in total. The molecule has 0 aliphatic rings. The maximum absolute atomic E-state index is 12.4. The van der Waals surface area contributed by atoms with E-state index in [0.29, 0.717) is 25.1 Å². The molecule has 16 heavy (non-hydrogen) atoms. The first kappa shape index (κ1) is 12.6. The van der Waals surface area contributed by atoms with Crippen LogP contribution >= 0.6 is 0 Å². The third-order valence-corrected chi connectivity index (χ3v) is 2.03. The Morgan fingerprint density at radius 3 is 2.69 bits per heavy atom. The molecule has 1 aromatic rings. The van der Waals surface area contributed by atoms with Gasteiger partial charge in [0.1, 0.15) is 0 Å². The van der Waals surface area contributed by atoms with Crippen molar-refractivity contribution < 1.29 is 13.2 Å². The van der Waals surface area contributed by atoms with E-state index in [2.05, 4.69) is 11.2 Å². The molecule has 0 unspecified atom stereocenters. The monoisotopic (exact) mass is 227 g/mol. The molecule has 86 valence electrons. The van der Waals surface area contributed by atoms with Crippen LogP contribution in [0.15, 0.2) is 24.3 Å². The summed E-state index contributed by atoms with van der Waals surface area (Å²) in [7, 11) is 0. The Morgan fingerprint density at radius 1 is 1.31 bits per heavy atom. The Bertz CT molecular complexity index is 377. The summed E-state index contributed by atoms with van der Waals surface area (Å²) in [6.45, 7) is 0.998. The molecule has 0 saturated heterocycles. The van der Waals surface area contributed by atoms with Crippen molar-refractivity contribution in [2.75, 3.05) is 6.54 Å². The number of benzene rings is 1. The first-order chi connectivity index (χ1) is 7.54. The summed E-state index contributed by atoms with van der Waals surface area (Å²) in [5, 5.41) is 2.97. The van der Waals surface area contributed by atoms with E-state index < -0.39 is 11.7 Å².